The molecule has 2 rings (SSSR count). The lowest BCUT2D eigenvalue weighted by molar-refractivity contribution is -0.386. The first-order valence-corrected chi connectivity index (χ1v) is 6.71. The highest BCUT2D eigenvalue weighted by molar-refractivity contribution is 9.10. The van der Waals surface area contributed by atoms with Crippen LogP contribution in [0.5, 0.6) is 0 Å². The molecule has 0 bridgehead atoms. The Morgan fingerprint density at radius 1 is 1.56 bits per heavy atom. The Kier molecular flexibility index (Phi) is 4.68. The molecule has 0 amide bonds. The molecule has 0 spiro atoms. The molecular formula is C12H15BrN2O3. The van der Waals surface area contributed by atoms with E-state index in [0.29, 0.717) is 10.0 Å². The van der Waals surface area contributed by atoms with Gasteiger partial charge in [-0.3, -0.25) is 10.1 Å². The number of hydrogen-bond donors (Lipinski definition) is 1. The van der Waals surface area contributed by atoms with E-state index in [2.05, 4.69) is 21.2 Å². The van der Waals surface area contributed by atoms with Crippen LogP contribution in [0.1, 0.15) is 18.4 Å². The van der Waals surface area contributed by atoms with Crippen molar-refractivity contribution in [2.45, 2.75) is 25.6 Å². The lowest BCUT2D eigenvalue weighted by atomic mass is 10.1. The maximum atomic E-state index is 10.9. The minimum atomic E-state index is -0.372. The summed E-state index contributed by atoms with van der Waals surface area (Å²) in [5.74, 6) is 0. The zero-order chi connectivity index (χ0) is 13.0. The number of rotatable bonds is 4. The Labute approximate surface area is 114 Å². The molecule has 0 aromatic heterocycles. The van der Waals surface area contributed by atoms with Crippen LogP contribution in [0.25, 0.3) is 0 Å². The summed E-state index contributed by atoms with van der Waals surface area (Å²) in [6.45, 7) is 2.14. The first-order valence-electron chi connectivity index (χ1n) is 5.92. The smallest absolute Gasteiger partial charge is 0.276 e. The summed E-state index contributed by atoms with van der Waals surface area (Å²) in [5, 5.41) is 14.2. The van der Waals surface area contributed by atoms with Crippen LogP contribution in [0.2, 0.25) is 0 Å². The van der Waals surface area contributed by atoms with Crippen molar-refractivity contribution in [1.82, 2.24) is 5.32 Å². The van der Waals surface area contributed by atoms with E-state index >= 15 is 0 Å². The Balaban J connectivity index is 2.01. The number of nitro benzene ring substituents is 1. The fourth-order valence-electron chi connectivity index (χ4n) is 2.00. The van der Waals surface area contributed by atoms with E-state index in [9.17, 15) is 10.1 Å². The molecular weight excluding hydrogens is 300 g/mol. The number of halogens is 1. The van der Waals surface area contributed by atoms with Crippen molar-refractivity contribution in [3.63, 3.8) is 0 Å². The number of hydrogen-bond acceptors (Lipinski definition) is 4. The van der Waals surface area contributed by atoms with Crippen LogP contribution in [-0.2, 0) is 11.3 Å². The molecule has 18 heavy (non-hydrogen) atoms. The summed E-state index contributed by atoms with van der Waals surface area (Å²) >= 11 is 3.24. The average molecular weight is 315 g/mol. The number of benzene rings is 1. The molecule has 1 aromatic rings. The van der Waals surface area contributed by atoms with Crippen molar-refractivity contribution in [3.8, 4) is 0 Å². The Morgan fingerprint density at radius 3 is 3.06 bits per heavy atom. The van der Waals surface area contributed by atoms with Gasteiger partial charge >= 0.3 is 0 Å². The summed E-state index contributed by atoms with van der Waals surface area (Å²) in [6, 6.07) is 5.04. The summed E-state index contributed by atoms with van der Waals surface area (Å²) < 4.78 is 6.42. The highest BCUT2D eigenvalue weighted by Crippen LogP contribution is 2.24. The number of piperidine rings is 1. The lowest BCUT2D eigenvalue weighted by Gasteiger charge is -2.23. The second-order valence-corrected chi connectivity index (χ2v) is 5.23. The van der Waals surface area contributed by atoms with Crippen molar-refractivity contribution in [1.29, 1.82) is 0 Å². The zero-order valence-corrected chi connectivity index (χ0v) is 11.5. The van der Waals surface area contributed by atoms with Gasteiger partial charge in [0.2, 0.25) is 0 Å². The third-order valence-electron chi connectivity index (χ3n) is 2.97. The van der Waals surface area contributed by atoms with Crippen LogP contribution < -0.4 is 5.32 Å². The fourth-order valence-corrected chi connectivity index (χ4v) is 2.35. The van der Waals surface area contributed by atoms with E-state index < -0.39 is 0 Å². The van der Waals surface area contributed by atoms with Gasteiger partial charge in [-0.15, -0.1) is 0 Å². The van der Waals surface area contributed by atoms with Gasteiger partial charge in [-0.1, -0.05) is 15.9 Å². The molecule has 98 valence electrons. The first kappa shape index (κ1) is 13.5. The van der Waals surface area contributed by atoms with Gasteiger partial charge in [0, 0.05) is 17.1 Å². The van der Waals surface area contributed by atoms with Crippen molar-refractivity contribution >= 4 is 21.6 Å². The minimum Gasteiger partial charge on any atom is -0.372 e. The number of nitrogens with zero attached hydrogens (tertiary/aromatic N) is 1. The maximum Gasteiger partial charge on any atom is 0.276 e. The molecule has 1 unspecified atom stereocenters. The SMILES string of the molecule is O=[N+]([O-])c1cc(Br)ccc1COC1CCCNC1. The third-order valence-corrected chi connectivity index (χ3v) is 3.46. The van der Waals surface area contributed by atoms with Crippen LogP contribution in [0, 0.1) is 10.1 Å². The summed E-state index contributed by atoms with van der Waals surface area (Å²) in [7, 11) is 0. The molecule has 1 aliphatic rings. The molecule has 1 atom stereocenters. The van der Waals surface area contributed by atoms with Gasteiger partial charge < -0.3 is 10.1 Å². The first-order chi connectivity index (χ1) is 8.66. The Morgan fingerprint density at radius 2 is 2.39 bits per heavy atom. The number of nitro groups is 1. The van der Waals surface area contributed by atoms with E-state index in [1.165, 1.54) is 6.07 Å². The monoisotopic (exact) mass is 314 g/mol. The van der Waals surface area contributed by atoms with E-state index in [1.54, 1.807) is 12.1 Å². The Bertz CT molecular complexity index is 433. The molecule has 1 aliphatic heterocycles. The molecule has 1 heterocycles. The van der Waals surface area contributed by atoms with E-state index in [4.69, 9.17) is 4.74 Å². The van der Waals surface area contributed by atoms with Gasteiger partial charge in [0.25, 0.3) is 5.69 Å². The van der Waals surface area contributed by atoms with Gasteiger partial charge in [0.1, 0.15) is 0 Å². The maximum absolute atomic E-state index is 10.9. The molecule has 6 heteroatoms. The number of ether oxygens (including phenoxy) is 1. The van der Waals surface area contributed by atoms with Crippen LogP contribution >= 0.6 is 15.9 Å². The average Bonchev–Trinajstić information content (AvgIpc) is 2.38. The van der Waals surface area contributed by atoms with Gasteiger partial charge in [0.05, 0.1) is 23.2 Å². The molecule has 1 N–H and O–H groups in total. The van der Waals surface area contributed by atoms with Crippen LogP contribution in [0.3, 0.4) is 0 Å². The molecule has 5 nitrogen and oxygen atoms in total. The number of nitrogens with one attached hydrogen (secondary N) is 1. The van der Waals surface area contributed by atoms with Crippen molar-refractivity contribution in [2.24, 2.45) is 0 Å². The normalized spacial score (nSPS) is 19.7. The minimum absolute atomic E-state index is 0.105. The van der Waals surface area contributed by atoms with Gasteiger partial charge in [-0.25, -0.2) is 0 Å². The lowest BCUT2D eigenvalue weighted by Crippen LogP contribution is -2.35. The van der Waals surface area contributed by atoms with Gasteiger partial charge in [-0.05, 0) is 31.5 Å². The zero-order valence-electron chi connectivity index (χ0n) is 9.89. The summed E-state index contributed by atoms with van der Waals surface area (Å²) in [6.07, 6.45) is 2.26. The highest BCUT2D eigenvalue weighted by atomic mass is 79.9. The molecule has 1 saturated heterocycles. The van der Waals surface area contributed by atoms with Crippen molar-refractivity contribution in [2.75, 3.05) is 13.1 Å². The largest absolute Gasteiger partial charge is 0.372 e. The molecule has 0 radical (unpaired) electrons. The van der Waals surface area contributed by atoms with E-state index in [-0.39, 0.29) is 23.3 Å². The molecule has 0 saturated carbocycles. The summed E-state index contributed by atoms with van der Waals surface area (Å²) in [4.78, 5) is 10.6. The quantitative estimate of drug-likeness (QED) is 0.685. The summed E-state index contributed by atoms with van der Waals surface area (Å²) in [5.41, 5.74) is 0.724. The standard InChI is InChI=1S/C12H15BrN2O3/c13-10-4-3-9(12(6-10)15(16)17)8-18-11-2-1-5-14-7-11/h3-4,6,11,14H,1-2,5,7-8H2. The fraction of sp³-hybridized carbons (Fsp3) is 0.500. The van der Waals surface area contributed by atoms with E-state index in [1.807, 2.05) is 0 Å². The Hall–Kier alpha value is -0.980. The molecule has 0 aliphatic carbocycles. The predicted octanol–water partition coefficient (Wildman–Crippen LogP) is 2.63. The predicted molar refractivity (Wildman–Crippen MR) is 71.5 cm³/mol. The van der Waals surface area contributed by atoms with Crippen molar-refractivity contribution in [3.05, 3.63) is 38.3 Å². The van der Waals surface area contributed by atoms with Crippen LogP contribution in [-0.4, -0.2) is 24.1 Å². The van der Waals surface area contributed by atoms with Gasteiger partial charge in [0.15, 0.2) is 0 Å². The highest BCUT2D eigenvalue weighted by Gasteiger charge is 2.17. The second-order valence-electron chi connectivity index (χ2n) is 4.31. The molecule has 1 aromatic carbocycles. The third kappa shape index (κ3) is 3.51. The molecule has 1 fully saturated rings. The second kappa shape index (κ2) is 6.26. The van der Waals surface area contributed by atoms with Crippen LogP contribution in [0.15, 0.2) is 22.7 Å². The van der Waals surface area contributed by atoms with Crippen LogP contribution in [0.4, 0.5) is 5.69 Å². The topological polar surface area (TPSA) is 64.4 Å². The van der Waals surface area contributed by atoms with Gasteiger partial charge in [-0.2, -0.15) is 0 Å². The van der Waals surface area contributed by atoms with Crippen molar-refractivity contribution < 1.29 is 9.66 Å². The van der Waals surface area contributed by atoms with E-state index in [0.717, 1.165) is 25.9 Å².